The van der Waals surface area contributed by atoms with Gasteiger partial charge in [-0.25, -0.2) is 0 Å². The summed E-state index contributed by atoms with van der Waals surface area (Å²) >= 11 is 0. The molecule has 0 saturated heterocycles. The first-order chi connectivity index (χ1) is 8.65. The maximum atomic E-state index is 12.3. The number of hydrogen-bond donors (Lipinski definition) is 0. The second kappa shape index (κ2) is 7.07. The minimum absolute atomic E-state index is 0.0307. The second-order valence-corrected chi connectivity index (χ2v) is 7.08. The van der Waals surface area contributed by atoms with Gasteiger partial charge in [-0.2, -0.15) is 0 Å². The third-order valence-corrected chi connectivity index (χ3v) is 4.50. The van der Waals surface area contributed by atoms with Crippen LogP contribution in [0.3, 0.4) is 0 Å². The summed E-state index contributed by atoms with van der Waals surface area (Å²) in [5, 5.41) is 0. The predicted octanol–water partition coefficient (Wildman–Crippen LogP) is 4.82. The first-order valence-electron chi connectivity index (χ1n) is 7.46. The molecule has 0 N–H and O–H groups in total. The van der Waals surface area contributed by atoms with Gasteiger partial charge in [0.25, 0.3) is 0 Å². The van der Waals surface area contributed by atoms with Gasteiger partial charge >= 0.3 is 5.97 Å². The van der Waals surface area contributed by atoms with Crippen LogP contribution in [0.15, 0.2) is 0 Å². The monoisotopic (exact) mass is 288 g/mol. The summed E-state index contributed by atoms with van der Waals surface area (Å²) in [6, 6.07) is 0. The van der Waals surface area contributed by atoms with Gasteiger partial charge in [-0.05, 0) is 46.0 Å². The Bertz CT molecular complexity index is 284. The van der Waals surface area contributed by atoms with Crippen LogP contribution in [0.4, 0.5) is 0 Å². The van der Waals surface area contributed by atoms with Crippen molar-refractivity contribution in [3.63, 3.8) is 0 Å². The molecule has 0 aromatic rings. The molecule has 0 heterocycles. The molecule has 1 unspecified atom stereocenters. The van der Waals surface area contributed by atoms with E-state index in [0.29, 0.717) is 0 Å². The average Bonchev–Trinajstić information content (AvgIpc) is 2.81. The molecule has 1 aliphatic carbocycles. The van der Waals surface area contributed by atoms with Gasteiger partial charge in [-0.15, -0.1) is 9.24 Å². The first-order valence-corrected chi connectivity index (χ1v) is 8.61. The number of carbonyl (C=O) groups is 1. The Balaban J connectivity index is 0.00000154. The Morgan fingerprint density at radius 3 is 1.84 bits per heavy atom. The van der Waals surface area contributed by atoms with E-state index in [1.807, 2.05) is 27.4 Å². The van der Waals surface area contributed by atoms with Crippen molar-refractivity contribution in [3.05, 3.63) is 0 Å². The Hall–Kier alpha value is -0.100. The van der Waals surface area contributed by atoms with Crippen LogP contribution in [-0.4, -0.2) is 18.2 Å². The van der Waals surface area contributed by atoms with E-state index in [1.165, 1.54) is 12.8 Å². The molecule has 114 valence electrons. The molecule has 1 saturated carbocycles. The number of ether oxygens (including phenoxy) is 1. The summed E-state index contributed by atoms with van der Waals surface area (Å²) in [5.41, 5.74) is -0.569. The first kappa shape index (κ1) is 18.9. The van der Waals surface area contributed by atoms with Crippen LogP contribution in [0.5, 0.6) is 0 Å². The Morgan fingerprint density at radius 2 is 1.53 bits per heavy atom. The van der Waals surface area contributed by atoms with Crippen LogP contribution in [0, 0.1) is 10.8 Å². The van der Waals surface area contributed by atoms with E-state index in [-0.39, 0.29) is 22.4 Å². The summed E-state index contributed by atoms with van der Waals surface area (Å²) in [7, 11) is 2.42. The highest BCUT2D eigenvalue weighted by molar-refractivity contribution is 7.15. The van der Waals surface area contributed by atoms with Crippen molar-refractivity contribution in [2.75, 3.05) is 6.66 Å². The van der Waals surface area contributed by atoms with Crippen LogP contribution >= 0.6 is 9.24 Å². The van der Waals surface area contributed by atoms with Crippen LogP contribution in [0.1, 0.15) is 73.6 Å². The highest BCUT2D eigenvalue weighted by Gasteiger charge is 2.48. The van der Waals surface area contributed by atoms with Gasteiger partial charge < -0.3 is 4.74 Å². The second-order valence-electron chi connectivity index (χ2n) is 7.08. The molecule has 1 rings (SSSR count). The molecule has 19 heavy (non-hydrogen) atoms. The minimum Gasteiger partial charge on any atom is -0.458 e. The van der Waals surface area contributed by atoms with Crippen LogP contribution in [-0.2, 0) is 9.53 Å². The molecule has 0 aliphatic heterocycles. The smallest absolute Gasteiger partial charge is 0.312 e. The molecule has 2 nitrogen and oxygen atoms in total. The fourth-order valence-electron chi connectivity index (χ4n) is 2.41. The van der Waals surface area contributed by atoms with E-state index in [4.69, 9.17) is 4.74 Å². The summed E-state index contributed by atoms with van der Waals surface area (Å²) in [4.78, 5) is 12.3. The molecule has 0 bridgehead atoms. The van der Waals surface area contributed by atoms with E-state index in [0.717, 1.165) is 19.3 Å². The van der Waals surface area contributed by atoms with Crippen LogP contribution in [0.25, 0.3) is 0 Å². The zero-order chi connectivity index (χ0) is 15.3. The van der Waals surface area contributed by atoms with Crippen molar-refractivity contribution >= 4 is 15.2 Å². The van der Waals surface area contributed by atoms with Gasteiger partial charge in [0.05, 0.1) is 5.41 Å². The highest BCUT2D eigenvalue weighted by atomic mass is 31.0. The molecule has 0 amide bonds. The largest absolute Gasteiger partial charge is 0.458 e. The minimum atomic E-state index is -0.360. The van der Waals surface area contributed by atoms with Gasteiger partial charge in [0.15, 0.2) is 0 Å². The molecule has 0 aromatic heterocycles. The standard InChI is InChI=1S/C15H28O2.CH5P/c1-7-14(5,6)12(16)17-15(13(2,3)4)10-8-9-11-15;1-2/h7-11H2,1-6H3;2H2,1H3. The molecule has 0 radical (unpaired) electrons. The van der Waals surface area contributed by atoms with Crippen molar-refractivity contribution < 1.29 is 9.53 Å². The zero-order valence-electron chi connectivity index (χ0n) is 13.9. The summed E-state index contributed by atoms with van der Waals surface area (Å²) < 4.78 is 5.98. The normalized spacial score (nSPS) is 18.5. The third kappa shape index (κ3) is 4.45. The van der Waals surface area contributed by atoms with Crippen molar-refractivity contribution in [1.29, 1.82) is 0 Å². The van der Waals surface area contributed by atoms with Crippen molar-refractivity contribution in [2.45, 2.75) is 79.2 Å². The van der Waals surface area contributed by atoms with Crippen molar-refractivity contribution in [2.24, 2.45) is 10.8 Å². The number of esters is 1. The topological polar surface area (TPSA) is 26.3 Å². The Morgan fingerprint density at radius 1 is 1.11 bits per heavy atom. The van der Waals surface area contributed by atoms with Gasteiger partial charge in [0, 0.05) is 5.41 Å². The molecular formula is C16H33O2P. The zero-order valence-corrected chi connectivity index (χ0v) is 15.1. The van der Waals surface area contributed by atoms with E-state index < -0.39 is 0 Å². The van der Waals surface area contributed by atoms with Crippen LogP contribution in [0.2, 0.25) is 0 Å². The van der Waals surface area contributed by atoms with Gasteiger partial charge in [0.2, 0.25) is 0 Å². The lowest BCUT2D eigenvalue weighted by atomic mass is 9.74. The fourth-order valence-corrected chi connectivity index (χ4v) is 2.41. The number of carbonyl (C=O) groups excluding carboxylic acids is 1. The number of rotatable bonds is 3. The summed E-state index contributed by atoms with van der Waals surface area (Å²) in [6.07, 6.45) is 5.21. The lowest BCUT2D eigenvalue weighted by Crippen LogP contribution is -2.47. The molecule has 1 fully saturated rings. The maximum Gasteiger partial charge on any atom is 0.312 e. The fraction of sp³-hybridized carbons (Fsp3) is 0.938. The average molecular weight is 288 g/mol. The van der Waals surface area contributed by atoms with E-state index in [9.17, 15) is 4.79 Å². The van der Waals surface area contributed by atoms with Gasteiger partial charge in [-0.1, -0.05) is 34.4 Å². The number of hydrogen-bond acceptors (Lipinski definition) is 2. The Labute approximate surface area is 122 Å². The third-order valence-electron chi connectivity index (χ3n) is 4.50. The van der Waals surface area contributed by atoms with Crippen molar-refractivity contribution in [1.82, 2.24) is 0 Å². The van der Waals surface area contributed by atoms with Crippen molar-refractivity contribution in [3.8, 4) is 0 Å². The molecular weight excluding hydrogens is 255 g/mol. The summed E-state index contributed by atoms with van der Waals surface area (Å²) in [6.45, 7) is 14.5. The van der Waals surface area contributed by atoms with E-state index in [1.54, 1.807) is 0 Å². The highest BCUT2D eigenvalue weighted by Crippen LogP contribution is 2.47. The van der Waals surface area contributed by atoms with Gasteiger partial charge in [0.1, 0.15) is 5.60 Å². The molecule has 1 atom stereocenters. The van der Waals surface area contributed by atoms with Gasteiger partial charge in [-0.3, -0.25) is 4.79 Å². The quantitative estimate of drug-likeness (QED) is 0.550. The van der Waals surface area contributed by atoms with Crippen LogP contribution < -0.4 is 0 Å². The maximum absolute atomic E-state index is 12.3. The molecule has 3 heteroatoms. The lowest BCUT2D eigenvalue weighted by Gasteiger charge is -2.42. The molecule has 0 aromatic carbocycles. The van der Waals surface area contributed by atoms with E-state index >= 15 is 0 Å². The lowest BCUT2D eigenvalue weighted by molar-refractivity contribution is -0.183. The SMILES string of the molecule is CCC(C)(C)C(=O)OC1(C(C)(C)C)CCCC1.CP. The van der Waals surface area contributed by atoms with E-state index in [2.05, 4.69) is 30.0 Å². The molecule has 0 spiro atoms. The molecule has 1 aliphatic rings. The Kier molecular flexibility index (Phi) is 7.03. The predicted molar refractivity (Wildman–Crippen MR) is 86.5 cm³/mol. The summed E-state index contributed by atoms with van der Waals surface area (Å²) in [5.74, 6) is -0.0307.